The van der Waals surface area contributed by atoms with Gasteiger partial charge in [0.2, 0.25) is 5.95 Å². The molecule has 4 N–H and O–H groups in total. The zero-order valence-corrected chi connectivity index (χ0v) is 21.0. The molecule has 3 aromatic heterocycles. The van der Waals surface area contributed by atoms with Gasteiger partial charge in [-0.15, -0.1) is 0 Å². The highest BCUT2D eigenvalue weighted by molar-refractivity contribution is 5.89. The number of esters is 1. The van der Waals surface area contributed by atoms with E-state index in [0.717, 1.165) is 6.07 Å². The molecular weight excluding hydrogens is 550 g/mol. The molecule has 0 saturated heterocycles. The number of alkyl halides is 3. The van der Waals surface area contributed by atoms with Gasteiger partial charge in [0.25, 0.3) is 5.91 Å². The van der Waals surface area contributed by atoms with E-state index in [1.54, 1.807) is 41.9 Å². The minimum absolute atomic E-state index is 0.00981. The maximum atomic E-state index is 14.3. The van der Waals surface area contributed by atoms with Crippen molar-refractivity contribution in [3.63, 3.8) is 0 Å². The molecule has 3 heterocycles. The summed E-state index contributed by atoms with van der Waals surface area (Å²) in [6, 6.07) is 10.2. The summed E-state index contributed by atoms with van der Waals surface area (Å²) in [7, 11) is 1.63. The predicted molar refractivity (Wildman–Crippen MR) is 137 cm³/mol. The maximum Gasteiger partial charge on any atom is 0.416 e. The fourth-order valence-corrected chi connectivity index (χ4v) is 3.78. The number of primary amides is 1. The summed E-state index contributed by atoms with van der Waals surface area (Å²) in [4.78, 5) is 38.2. The summed E-state index contributed by atoms with van der Waals surface area (Å²) in [5, 5.41) is 2.62. The van der Waals surface area contributed by atoms with Crippen molar-refractivity contribution in [2.24, 2.45) is 12.8 Å². The van der Waals surface area contributed by atoms with Gasteiger partial charge in [-0.05, 0) is 36.4 Å². The molecule has 0 radical (unpaired) electrons. The van der Waals surface area contributed by atoms with Gasteiger partial charge in [0.15, 0.2) is 12.4 Å². The number of carbonyl (C=O) groups excluding carboxylic acids is 2. The largest absolute Gasteiger partial charge is 0.457 e. The third kappa shape index (κ3) is 5.93. The van der Waals surface area contributed by atoms with Crippen LogP contribution in [0.1, 0.15) is 16.1 Å². The molecule has 5 rings (SSSR count). The van der Waals surface area contributed by atoms with E-state index in [0.29, 0.717) is 40.4 Å². The molecule has 1 amide bonds. The lowest BCUT2D eigenvalue weighted by Gasteiger charge is -2.11. The second-order valence-electron chi connectivity index (χ2n) is 8.63. The topological polar surface area (TPSA) is 150 Å². The molecule has 0 saturated carbocycles. The Kier molecular flexibility index (Phi) is 7.01. The quantitative estimate of drug-likeness (QED) is 0.180. The Morgan fingerprint density at radius 3 is 2.61 bits per heavy atom. The predicted octanol–water partition coefficient (Wildman–Crippen LogP) is 4.69. The van der Waals surface area contributed by atoms with Gasteiger partial charge in [0.05, 0.1) is 28.5 Å². The lowest BCUT2D eigenvalue weighted by molar-refractivity contribution is -0.137. The molecule has 0 unspecified atom stereocenters. The van der Waals surface area contributed by atoms with E-state index < -0.39 is 36.0 Å². The highest BCUT2D eigenvalue weighted by Crippen LogP contribution is 2.34. The van der Waals surface area contributed by atoms with Gasteiger partial charge in [-0.25, -0.2) is 19.2 Å². The molecule has 0 atom stereocenters. The number of aromatic amines is 1. The smallest absolute Gasteiger partial charge is 0.416 e. The number of rotatable bonds is 8. The summed E-state index contributed by atoms with van der Waals surface area (Å²) in [6.45, 7) is -0.574. The van der Waals surface area contributed by atoms with Crippen LogP contribution < -0.4 is 15.8 Å². The lowest BCUT2D eigenvalue weighted by Crippen LogP contribution is -2.21. The normalized spacial score (nSPS) is 11.4. The minimum Gasteiger partial charge on any atom is -0.457 e. The van der Waals surface area contributed by atoms with Gasteiger partial charge in [-0.1, -0.05) is 0 Å². The highest BCUT2D eigenvalue weighted by Gasteiger charge is 2.31. The average molecular weight is 569 g/mol. The minimum atomic E-state index is -4.63. The Bertz CT molecular complexity index is 1780. The Hall–Kier alpha value is -5.47. The van der Waals surface area contributed by atoms with Crippen LogP contribution in [0.25, 0.3) is 22.6 Å². The molecule has 11 nitrogen and oxygen atoms in total. The molecule has 0 aliphatic rings. The van der Waals surface area contributed by atoms with Gasteiger partial charge >= 0.3 is 12.1 Å². The molecule has 0 aliphatic heterocycles. The van der Waals surface area contributed by atoms with Crippen LogP contribution in [0.5, 0.6) is 11.5 Å². The molecule has 15 heteroatoms. The van der Waals surface area contributed by atoms with Crippen LogP contribution in [0, 0.1) is 5.82 Å². The van der Waals surface area contributed by atoms with Crippen LogP contribution in [0.4, 0.5) is 29.2 Å². The molecule has 2 aromatic carbocycles. The summed E-state index contributed by atoms with van der Waals surface area (Å²) < 4.78 is 65.8. The summed E-state index contributed by atoms with van der Waals surface area (Å²) in [5.74, 6) is -1.39. The number of carbonyl (C=O) groups is 2. The fourth-order valence-electron chi connectivity index (χ4n) is 3.78. The van der Waals surface area contributed by atoms with Crippen molar-refractivity contribution in [1.29, 1.82) is 0 Å². The number of ether oxygens (including phenoxy) is 2. The van der Waals surface area contributed by atoms with Crippen molar-refractivity contribution < 1.29 is 36.6 Å². The number of aryl methyl sites for hydroxylation is 1. The van der Waals surface area contributed by atoms with Crippen LogP contribution in [0.2, 0.25) is 0 Å². The molecule has 0 bridgehead atoms. The first-order valence-corrected chi connectivity index (χ1v) is 11.7. The van der Waals surface area contributed by atoms with E-state index in [9.17, 15) is 27.2 Å². The molecular formula is C26H19F4N7O4. The van der Waals surface area contributed by atoms with Crippen molar-refractivity contribution in [1.82, 2.24) is 24.5 Å². The van der Waals surface area contributed by atoms with E-state index in [-0.39, 0.29) is 23.2 Å². The van der Waals surface area contributed by atoms with Crippen LogP contribution in [-0.4, -0.2) is 43.0 Å². The van der Waals surface area contributed by atoms with Crippen molar-refractivity contribution in [2.45, 2.75) is 6.18 Å². The van der Waals surface area contributed by atoms with Gasteiger partial charge in [-0.2, -0.15) is 13.2 Å². The first-order valence-electron chi connectivity index (χ1n) is 11.7. The van der Waals surface area contributed by atoms with Crippen LogP contribution in [-0.2, 0) is 22.8 Å². The second kappa shape index (κ2) is 10.6. The van der Waals surface area contributed by atoms with Crippen molar-refractivity contribution >= 4 is 34.5 Å². The number of halogens is 4. The van der Waals surface area contributed by atoms with Gasteiger partial charge in [0, 0.05) is 25.4 Å². The van der Waals surface area contributed by atoms with E-state index in [1.165, 1.54) is 12.4 Å². The number of anilines is 2. The van der Waals surface area contributed by atoms with Gasteiger partial charge in [-0.3, -0.25) is 9.78 Å². The SMILES string of the molecule is Cn1c(Nc2cc(C(F)(F)F)ccc2F)nc2cc(Oc3ccnc(-c4ncc(C(=O)OCC(N)=O)[nH]4)c3)ccc21. The van der Waals surface area contributed by atoms with Crippen molar-refractivity contribution in [3.05, 3.63) is 78.0 Å². The van der Waals surface area contributed by atoms with Gasteiger partial charge < -0.3 is 30.1 Å². The second-order valence-corrected chi connectivity index (χ2v) is 8.63. The number of amides is 1. The number of aromatic nitrogens is 5. The third-order valence-electron chi connectivity index (χ3n) is 5.74. The first-order chi connectivity index (χ1) is 19.5. The van der Waals surface area contributed by atoms with E-state index in [1.807, 2.05) is 0 Å². The number of hydrogen-bond acceptors (Lipinski definition) is 8. The summed E-state index contributed by atoms with van der Waals surface area (Å²) in [6.07, 6.45) is -1.95. The number of H-pyrrole nitrogens is 1. The third-order valence-corrected chi connectivity index (χ3v) is 5.74. The standard InChI is InChI=1S/C26H19F4N7O4/c1-37-21-5-3-14(9-18(21)36-25(37)35-17-8-13(26(28,29)30)2-4-16(17)27)41-15-6-7-32-19(10-15)23-33-11-20(34-23)24(39)40-12-22(31)38/h2-11H,12H2,1H3,(H2,31,38)(H,33,34)(H,35,36). The average Bonchev–Trinajstić information content (AvgIpc) is 3.53. The number of hydrogen-bond donors (Lipinski definition) is 3. The number of nitrogens with one attached hydrogen (secondary N) is 2. The molecule has 210 valence electrons. The van der Waals surface area contributed by atoms with E-state index in [2.05, 4.69) is 25.3 Å². The van der Waals surface area contributed by atoms with E-state index >= 15 is 0 Å². The first kappa shape index (κ1) is 27.1. The van der Waals surface area contributed by atoms with Crippen LogP contribution in [0.15, 0.2) is 60.9 Å². The Morgan fingerprint density at radius 1 is 1.07 bits per heavy atom. The number of nitrogens with two attached hydrogens (primary N) is 1. The fraction of sp³-hybridized carbons (Fsp3) is 0.115. The molecule has 0 aliphatic carbocycles. The molecule has 41 heavy (non-hydrogen) atoms. The molecule has 0 fully saturated rings. The number of imidazole rings is 2. The van der Waals surface area contributed by atoms with E-state index in [4.69, 9.17) is 15.2 Å². The zero-order chi connectivity index (χ0) is 29.3. The monoisotopic (exact) mass is 569 g/mol. The number of benzene rings is 2. The zero-order valence-electron chi connectivity index (χ0n) is 21.0. The summed E-state index contributed by atoms with van der Waals surface area (Å²) in [5.41, 5.74) is 4.96. The van der Waals surface area contributed by atoms with Crippen molar-refractivity contribution in [3.8, 4) is 23.0 Å². The highest BCUT2D eigenvalue weighted by atomic mass is 19.4. The van der Waals surface area contributed by atoms with Gasteiger partial charge in [0.1, 0.15) is 28.7 Å². The Balaban J connectivity index is 1.35. The Morgan fingerprint density at radius 2 is 1.85 bits per heavy atom. The van der Waals surface area contributed by atoms with Crippen molar-refractivity contribution in [2.75, 3.05) is 11.9 Å². The molecule has 5 aromatic rings. The number of nitrogens with zero attached hydrogens (tertiary/aromatic N) is 4. The number of fused-ring (bicyclic) bond motifs is 1. The van der Waals surface area contributed by atoms with Crippen LogP contribution >= 0.6 is 0 Å². The summed E-state index contributed by atoms with van der Waals surface area (Å²) >= 11 is 0. The van der Waals surface area contributed by atoms with Crippen LogP contribution in [0.3, 0.4) is 0 Å². The maximum absolute atomic E-state index is 14.3. The Labute approximate surface area is 227 Å². The lowest BCUT2D eigenvalue weighted by atomic mass is 10.2. The molecule has 0 spiro atoms. The number of pyridine rings is 1.